The van der Waals surface area contributed by atoms with Crippen molar-refractivity contribution in [3.63, 3.8) is 0 Å². The molecule has 0 spiro atoms. The van der Waals surface area contributed by atoms with Crippen LogP contribution in [0, 0.1) is 0 Å². The van der Waals surface area contributed by atoms with Gasteiger partial charge in [-0.2, -0.15) is 0 Å². The van der Waals surface area contributed by atoms with E-state index in [1.807, 2.05) is 24.4 Å². The fraction of sp³-hybridized carbons (Fsp3) is 0.647. The largest absolute Gasteiger partial charge is 0.381 e. The lowest BCUT2D eigenvalue weighted by molar-refractivity contribution is -0.0828. The molecule has 1 aromatic heterocycles. The number of nitrogens with one attached hydrogen (secondary N) is 2. The van der Waals surface area contributed by atoms with Gasteiger partial charge in [-0.15, -0.1) is 24.0 Å². The number of hydrogen-bond acceptors (Lipinski definition) is 4. The van der Waals surface area contributed by atoms with Crippen molar-refractivity contribution in [3.05, 3.63) is 30.1 Å². The zero-order chi connectivity index (χ0) is 16.4. The van der Waals surface area contributed by atoms with E-state index in [1.54, 1.807) is 7.11 Å². The van der Waals surface area contributed by atoms with E-state index in [0.717, 1.165) is 57.2 Å². The van der Waals surface area contributed by atoms with Gasteiger partial charge in [0.1, 0.15) is 0 Å². The summed E-state index contributed by atoms with van der Waals surface area (Å²) in [4.78, 5) is 9.04. The highest BCUT2D eigenvalue weighted by Crippen LogP contribution is 2.24. The van der Waals surface area contributed by atoms with E-state index in [1.165, 1.54) is 0 Å². The van der Waals surface area contributed by atoms with E-state index in [4.69, 9.17) is 14.5 Å². The minimum atomic E-state index is -0.193. The fourth-order valence-corrected chi connectivity index (χ4v) is 2.59. The van der Waals surface area contributed by atoms with E-state index in [2.05, 4.69) is 22.5 Å². The van der Waals surface area contributed by atoms with Gasteiger partial charge in [-0.3, -0.25) is 9.98 Å². The SMILES string of the molecule is CCNC(=NCC1(OC)CCOCC1)NCCc1ccccn1.I. The Bertz CT molecular complexity index is 479. The third kappa shape index (κ3) is 6.90. The van der Waals surface area contributed by atoms with Gasteiger partial charge >= 0.3 is 0 Å². The average Bonchev–Trinajstić information content (AvgIpc) is 2.61. The molecule has 0 aliphatic carbocycles. The van der Waals surface area contributed by atoms with Crippen molar-refractivity contribution >= 4 is 29.9 Å². The van der Waals surface area contributed by atoms with Gasteiger partial charge in [0.05, 0.1) is 12.1 Å². The van der Waals surface area contributed by atoms with Gasteiger partial charge in [0.2, 0.25) is 0 Å². The molecule has 2 rings (SSSR count). The Labute approximate surface area is 161 Å². The molecule has 136 valence electrons. The summed E-state index contributed by atoms with van der Waals surface area (Å²) in [5, 5.41) is 6.64. The summed E-state index contributed by atoms with van der Waals surface area (Å²) >= 11 is 0. The fourth-order valence-electron chi connectivity index (χ4n) is 2.59. The lowest BCUT2D eigenvalue weighted by Gasteiger charge is -2.34. The second-order valence-corrected chi connectivity index (χ2v) is 5.69. The molecule has 1 aromatic rings. The predicted molar refractivity (Wildman–Crippen MR) is 107 cm³/mol. The lowest BCUT2D eigenvalue weighted by Crippen LogP contribution is -2.44. The molecule has 1 aliphatic heterocycles. The molecule has 0 atom stereocenters. The summed E-state index contributed by atoms with van der Waals surface area (Å²) in [6.45, 7) is 5.83. The number of guanidine groups is 1. The molecule has 0 amide bonds. The summed E-state index contributed by atoms with van der Waals surface area (Å²) in [7, 11) is 1.77. The maximum absolute atomic E-state index is 5.73. The van der Waals surface area contributed by atoms with Crippen molar-refractivity contribution in [1.82, 2.24) is 15.6 Å². The number of halogens is 1. The van der Waals surface area contributed by atoms with Crippen LogP contribution in [0.2, 0.25) is 0 Å². The summed E-state index contributed by atoms with van der Waals surface area (Å²) in [5.74, 6) is 0.825. The van der Waals surface area contributed by atoms with E-state index < -0.39 is 0 Å². The summed E-state index contributed by atoms with van der Waals surface area (Å²) in [6.07, 6.45) is 4.47. The molecule has 24 heavy (non-hydrogen) atoms. The minimum absolute atomic E-state index is 0. The molecule has 0 aromatic carbocycles. The summed E-state index contributed by atoms with van der Waals surface area (Å²) in [5.41, 5.74) is 0.885. The Morgan fingerprint density at radius 1 is 1.33 bits per heavy atom. The highest BCUT2D eigenvalue weighted by Gasteiger charge is 2.32. The number of methoxy groups -OCH3 is 1. The van der Waals surface area contributed by atoms with Gasteiger partial charge in [0.15, 0.2) is 5.96 Å². The van der Waals surface area contributed by atoms with Crippen molar-refractivity contribution in [1.29, 1.82) is 0 Å². The Kier molecular flexibility index (Phi) is 10.2. The second-order valence-electron chi connectivity index (χ2n) is 5.69. The number of pyridine rings is 1. The maximum Gasteiger partial charge on any atom is 0.191 e. The van der Waals surface area contributed by atoms with Crippen LogP contribution in [0.3, 0.4) is 0 Å². The van der Waals surface area contributed by atoms with Gasteiger partial charge in [-0.1, -0.05) is 6.07 Å². The van der Waals surface area contributed by atoms with Crippen molar-refractivity contribution in [2.45, 2.75) is 31.8 Å². The smallest absolute Gasteiger partial charge is 0.191 e. The molecule has 2 heterocycles. The predicted octanol–water partition coefficient (Wildman–Crippen LogP) is 1.99. The lowest BCUT2D eigenvalue weighted by atomic mass is 9.94. The number of nitrogens with zero attached hydrogens (tertiary/aromatic N) is 2. The van der Waals surface area contributed by atoms with Crippen LogP contribution in [-0.2, 0) is 15.9 Å². The van der Waals surface area contributed by atoms with Gasteiger partial charge in [0.25, 0.3) is 0 Å². The molecule has 1 saturated heterocycles. The van der Waals surface area contributed by atoms with Gasteiger partial charge in [0, 0.05) is 64.6 Å². The number of hydrogen-bond donors (Lipinski definition) is 2. The van der Waals surface area contributed by atoms with E-state index >= 15 is 0 Å². The monoisotopic (exact) mass is 448 g/mol. The van der Waals surface area contributed by atoms with Crippen molar-refractivity contribution in [2.75, 3.05) is 40.0 Å². The van der Waals surface area contributed by atoms with Crippen LogP contribution < -0.4 is 10.6 Å². The molecule has 1 fully saturated rings. The molecule has 2 N–H and O–H groups in total. The molecule has 0 saturated carbocycles. The van der Waals surface area contributed by atoms with Crippen LogP contribution >= 0.6 is 24.0 Å². The molecule has 7 heteroatoms. The quantitative estimate of drug-likeness (QED) is 0.380. The van der Waals surface area contributed by atoms with Crippen molar-refractivity contribution in [3.8, 4) is 0 Å². The Morgan fingerprint density at radius 2 is 2.12 bits per heavy atom. The molecular formula is C17H29IN4O2. The number of rotatable bonds is 7. The summed E-state index contributed by atoms with van der Waals surface area (Å²) in [6, 6.07) is 5.98. The van der Waals surface area contributed by atoms with E-state index in [9.17, 15) is 0 Å². The molecular weight excluding hydrogens is 419 g/mol. The Hall–Kier alpha value is -0.930. The highest BCUT2D eigenvalue weighted by molar-refractivity contribution is 14.0. The minimum Gasteiger partial charge on any atom is -0.381 e. The van der Waals surface area contributed by atoms with Crippen molar-refractivity contribution < 1.29 is 9.47 Å². The first-order chi connectivity index (χ1) is 11.3. The van der Waals surface area contributed by atoms with Crippen LogP contribution in [0.25, 0.3) is 0 Å². The van der Waals surface area contributed by atoms with Gasteiger partial charge in [-0.05, 0) is 19.1 Å². The number of aliphatic imine (C=N–C) groups is 1. The van der Waals surface area contributed by atoms with Crippen molar-refractivity contribution in [2.24, 2.45) is 4.99 Å². The standard InChI is InChI=1S/C17H28N4O2.HI/c1-3-18-16(20-11-7-15-6-4-5-10-19-15)21-14-17(22-2)8-12-23-13-9-17;/h4-6,10H,3,7-9,11-14H2,1-2H3,(H2,18,20,21);1H. The maximum atomic E-state index is 5.73. The zero-order valence-electron chi connectivity index (χ0n) is 14.6. The zero-order valence-corrected chi connectivity index (χ0v) is 16.9. The van der Waals surface area contributed by atoms with Gasteiger partial charge in [-0.25, -0.2) is 0 Å². The number of ether oxygens (including phenoxy) is 2. The molecule has 6 nitrogen and oxygen atoms in total. The Morgan fingerprint density at radius 3 is 2.75 bits per heavy atom. The van der Waals surface area contributed by atoms with Gasteiger partial charge < -0.3 is 20.1 Å². The first-order valence-corrected chi connectivity index (χ1v) is 8.33. The molecule has 0 bridgehead atoms. The average molecular weight is 448 g/mol. The first-order valence-electron chi connectivity index (χ1n) is 8.33. The molecule has 0 radical (unpaired) electrons. The number of aromatic nitrogens is 1. The molecule has 0 unspecified atom stereocenters. The van der Waals surface area contributed by atoms with E-state index in [0.29, 0.717) is 6.54 Å². The normalized spacial score (nSPS) is 17.0. The summed E-state index contributed by atoms with van der Waals surface area (Å²) < 4.78 is 11.2. The topological polar surface area (TPSA) is 67.8 Å². The van der Waals surface area contributed by atoms with Crippen LogP contribution in [0.1, 0.15) is 25.5 Å². The van der Waals surface area contributed by atoms with Crippen LogP contribution in [-0.4, -0.2) is 56.5 Å². The molecule has 1 aliphatic rings. The Balaban J connectivity index is 0.00000288. The third-order valence-electron chi connectivity index (χ3n) is 4.11. The van der Waals surface area contributed by atoms with Crippen LogP contribution in [0.15, 0.2) is 29.4 Å². The van der Waals surface area contributed by atoms with Crippen LogP contribution in [0.4, 0.5) is 0 Å². The third-order valence-corrected chi connectivity index (χ3v) is 4.11. The van der Waals surface area contributed by atoms with E-state index in [-0.39, 0.29) is 29.6 Å². The first kappa shape index (κ1) is 21.1. The highest BCUT2D eigenvalue weighted by atomic mass is 127. The second kappa shape index (κ2) is 11.6. The van der Waals surface area contributed by atoms with Crippen LogP contribution in [0.5, 0.6) is 0 Å².